The van der Waals surface area contributed by atoms with E-state index in [1.807, 2.05) is 30.3 Å². The number of nitrogens with zero attached hydrogens (tertiary/aromatic N) is 2. The normalized spacial score (nSPS) is 18.2. The van der Waals surface area contributed by atoms with Gasteiger partial charge in [0.25, 0.3) is 0 Å². The van der Waals surface area contributed by atoms with Gasteiger partial charge in [0.2, 0.25) is 0 Å². The van der Waals surface area contributed by atoms with Crippen LogP contribution in [0.1, 0.15) is 12.5 Å². The van der Waals surface area contributed by atoms with Crippen molar-refractivity contribution in [2.24, 2.45) is 0 Å². The van der Waals surface area contributed by atoms with E-state index in [0.29, 0.717) is 6.61 Å². The van der Waals surface area contributed by atoms with Gasteiger partial charge in [0.1, 0.15) is 0 Å². The van der Waals surface area contributed by atoms with Gasteiger partial charge in [0.05, 0.1) is 6.61 Å². The van der Waals surface area contributed by atoms with E-state index in [1.165, 1.54) is 0 Å². The lowest BCUT2D eigenvalue weighted by Gasteiger charge is -2.33. The van der Waals surface area contributed by atoms with Crippen molar-refractivity contribution in [1.82, 2.24) is 9.80 Å². The number of halogens is 2. The van der Waals surface area contributed by atoms with Crippen molar-refractivity contribution in [1.29, 1.82) is 0 Å². The molecule has 0 bridgehead atoms. The second-order valence-corrected chi connectivity index (χ2v) is 6.50. The molecule has 1 saturated heterocycles. The minimum atomic E-state index is -1.27. The van der Waals surface area contributed by atoms with Crippen molar-refractivity contribution >= 4 is 35.6 Å². The summed E-state index contributed by atoms with van der Waals surface area (Å²) >= 11 is 0. The minimum Gasteiger partial charge on any atom is -0.362 e. The van der Waals surface area contributed by atoms with Crippen LogP contribution >= 0.6 is 24.8 Å². The molecule has 1 aliphatic rings. The third-order valence-corrected chi connectivity index (χ3v) is 4.68. The molecule has 1 heterocycles. The maximum absolute atomic E-state index is 10.8. The average Bonchev–Trinajstić information content (AvgIpc) is 2.56. The summed E-state index contributed by atoms with van der Waals surface area (Å²) in [5.74, 6) is -1.27. The number of hydrogen-bond donors (Lipinski definition) is 1. The fourth-order valence-corrected chi connectivity index (χ4v) is 3.15. The Balaban J connectivity index is 0.00000156. The lowest BCUT2D eigenvalue weighted by Crippen LogP contribution is -2.46. The SMILES string of the molecule is CN1CCN(CCOC(C)(O)c2cccc3ccccc23)CC1.Cl.Cl. The number of piperazine rings is 1. The predicted octanol–water partition coefficient (Wildman–Crippen LogP) is 3.11. The molecule has 0 aliphatic carbocycles. The summed E-state index contributed by atoms with van der Waals surface area (Å²) in [6.45, 7) is 7.44. The molecular formula is C19H28Cl2N2O2. The van der Waals surface area contributed by atoms with Gasteiger partial charge >= 0.3 is 0 Å². The molecule has 140 valence electrons. The molecule has 1 fully saturated rings. The van der Waals surface area contributed by atoms with Crippen molar-refractivity contribution < 1.29 is 9.84 Å². The standard InChI is InChI=1S/C19H26N2O2.2ClH/c1-19(22,23-15-14-21-12-10-20(2)11-13-21)18-9-5-7-16-6-3-4-8-17(16)18;;/h3-9,22H,10-15H2,1-2H3;2*1H. The number of hydrogen-bond acceptors (Lipinski definition) is 4. The van der Waals surface area contributed by atoms with Crippen molar-refractivity contribution in [2.75, 3.05) is 46.4 Å². The van der Waals surface area contributed by atoms with Gasteiger partial charge in [-0.15, -0.1) is 24.8 Å². The van der Waals surface area contributed by atoms with Crippen LogP contribution in [0, 0.1) is 0 Å². The third-order valence-electron chi connectivity index (χ3n) is 4.68. The zero-order chi connectivity index (χ0) is 16.3. The first-order valence-corrected chi connectivity index (χ1v) is 8.32. The summed E-state index contributed by atoms with van der Waals surface area (Å²) in [6.07, 6.45) is 0. The van der Waals surface area contributed by atoms with Crippen LogP contribution in [-0.2, 0) is 10.5 Å². The van der Waals surface area contributed by atoms with E-state index in [9.17, 15) is 5.11 Å². The predicted molar refractivity (Wildman–Crippen MR) is 108 cm³/mol. The van der Waals surface area contributed by atoms with E-state index in [1.54, 1.807) is 6.92 Å². The van der Waals surface area contributed by atoms with Gasteiger partial charge in [0, 0.05) is 38.3 Å². The summed E-state index contributed by atoms with van der Waals surface area (Å²) in [5.41, 5.74) is 0.828. The smallest absolute Gasteiger partial charge is 0.190 e. The van der Waals surface area contributed by atoms with E-state index >= 15 is 0 Å². The monoisotopic (exact) mass is 386 g/mol. The van der Waals surface area contributed by atoms with E-state index in [4.69, 9.17) is 4.74 Å². The van der Waals surface area contributed by atoms with Crippen molar-refractivity contribution in [2.45, 2.75) is 12.7 Å². The van der Waals surface area contributed by atoms with Crippen LogP contribution < -0.4 is 0 Å². The highest BCUT2D eigenvalue weighted by Gasteiger charge is 2.26. The van der Waals surface area contributed by atoms with Crippen LogP contribution in [0.5, 0.6) is 0 Å². The highest BCUT2D eigenvalue weighted by molar-refractivity contribution is 5.86. The Morgan fingerprint density at radius 1 is 1.00 bits per heavy atom. The van der Waals surface area contributed by atoms with E-state index < -0.39 is 5.79 Å². The Labute approximate surface area is 162 Å². The molecule has 0 spiro atoms. The van der Waals surface area contributed by atoms with Crippen LogP contribution in [0.15, 0.2) is 42.5 Å². The minimum absolute atomic E-state index is 0. The molecule has 2 aromatic rings. The summed E-state index contributed by atoms with van der Waals surface area (Å²) in [7, 11) is 2.15. The number of likely N-dealkylation sites (N-methyl/N-ethyl adjacent to an activating group) is 1. The third kappa shape index (κ3) is 5.55. The van der Waals surface area contributed by atoms with Crippen LogP contribution in [0.2, 0.25) is 0 Å². The lowest BCUT2D eigenvalue weighted by molar-refractivity contribution is -0.199. The van der Waals surface area contributed by atoms with Crippen LogP contribution in [0.4, 0.5) is 0 Å². The fourth-order valence-electron chi connectivity index (χ4n) is 3.15. The zero-order valence-corrected chi connectivity index (χ0v) is 16.5. The first kappa shape index (κ1) is 22.2. The largest absolute Gasteiger partial charge is 0.362 e. The van der Waals surface area contributed by atoms with Crippen molar-refractivity contribution in [3.63, 3.8) is 0 Å². The van der Waals surface area contributed by atoms with E-state index in [2.05, 4.69) is 29.0 Å². The number of aliphatic hydroxyl groups is 1. The van der Waals surface area contributed by atoms with Crippen molar-refractivity contribution in [3.8, 4) is 0 Å². The second kappa shape index (κ2) is 9.72. The molecule has 0 amide bonds. The first-order valence-electron chi connectivity index (χ1n) is 8.32. The van der Waals surface area contributed by atoms with Gasteiger partial charge in [-0.05, 0) is 24.7 Å². The van der Waals surface area contributed by atoms with E-state index in [0.717, 1.165) is 49.1 Å². The maximum Gasteiger partial charge on any atom is 0.190 e. The van der Waals surface area contributed by atoms with Gasteiger partial charge in [-0.1, -0.05) is 42.5 Å². The molecule has 25 heavy (non-hydrogen) atoms. The molecule has 0 aromatic heterocycles. The summed E-state index contributed by atoms with van der Waals surface area (Å²) in [6, 6.07) is 14.1. The van der Waals surface area contributed by atoms with Crippen LogP contribution in [0.25, 0.3) is 10.8 Å². The van der Waals surface area contributed by atoms with Gasteiger partial charge in [-0.2, -0.15) is 0 Å². The number of fused-ring (bicyclic) bond motifs is 1. The highest BCUT2D eigenvalue weighted by Crippen LogP contribution is 2.29. The molecule has 1 atom stereocenters. The maximum atomic E-state index is 10.8. The average molecular weight is 387 g/mol. The molecule has 3 rings (SSSR count). The van der Waals surface area contributed by atoms with E-state index in [-0.39, 0.29) is 24.8 Å². The van der Waals surface area contributed by atoms with Crippen molar-refractivity contribution in [3.05, 3.63) is 48.0 Å². The number of benzene rings is 2. The van der Waals surface area contributed by atoms with Gasteiger partial charge < -0.3 is 14.7 Å². The lowest BCUT2D eigenvalue weighted by atomic mass is 9.99. The Bertz CT molecular complexity index is 653. The molecule has 1 unspecified atom stereocenters. The quantitative estimate of drug-likeness (QED) is 0.800. The topological polar surface area (TPSA) is 35.9 Å². The molecule has 1 N–H and O–H groups in total. The molecular weight excluding hydrogens is 359 g/mol. The Morgan fingerprint density at radius 2 is 1.64 bits per heavy atom. The fraction of sp³-hybridized carbons (Fsp3) is 0.474. The molecule has 4 nitrogen and oxygen atoms in total. The van der Waals surface area contributed by atoms with Crippen LogP contribution in [-0.4, -0.2) is 61.3 Å². The summed E-state index contributed by atoms with van der Waals surface area (Å²) in [5, 5.41) is 13.0. The number of ether oxygens (including phenoxy) is 1. The molecule has 6 heteroatoms. The van der Waals surface area contributed by atoms with Gasteiger partial charge in [0.15, 0.2) is 5.79 Å². The highest BCUT2D eigenvalue weighted by atomic mass is 35.5. The molecule has 1 aliphatic heterocycles. The first-order chi connectivity index (χ1) is 11.1. The molecule has 0 saturated carbocycles. The summed E-state index contributed by atoms with van der Waals surface area (Å²) in [4.78, 5) is 4.73. The van der Waals surface area contributed by atoms with Crippen LogP contribution in [0.3, 0.4) is 0 Å². The summed E-state index contributed by atoms with van der Waals surface area (Å²) < 4.78 is 5.85. The van der Waals surface area contributed by atoms with Gasteiger partial charge in [-0.25, -0.2) is 0 Å². The van der Waals surface area contributed by atoms with Gasteiger partial charge in [-0.3, -0.25) is 4.90 Å². The molecule has 2 aromatic carbocycles. The zero-order valence-electron chi connectivity index (χ0n) is 14.9. The Kier molecular flexibility index (Phi) is 8.61. The Hall–Kier alpha value is -0.880. The molecule has 0 radical (unpaired) electrons. The Morgan fingerprint density at radius 3 is 2.36 bits per heavy atom. The second-order valence-electron chi connectivity index (χ2n) is 6.50. The number of rotatable bonds is 5.